The molecule has 0 saturated heterocycles. The van der Waals surface area contributed by atoms with Gasteiger partial charge in [0.05, 0.1) is 0 Å². The highest BCUT2D eigenvalue weighted by atomic mass is 28.3. The summed E-state index contributed by atoms with van der Waals surface area (Å²) in [6.07, 6.45) is 12.5. The lowest BCUT2D eigenvalue weighted by Gasteiger charge is -2.36. The summed E-state index contributed by atoms with van der Waals surface area (Å²) in [7, 11) is -1.98. The Morgan fingerprint density at radius 2 is 1.00 bits per heavy atom. The van der Waals surface area contributed by atoms with Crippen molar-refractivity contribution < 1.29 is 0 Å². The molecule has 0 aromatic heterocycles. The van der Waals surface area contributed by atoms with Crippen LogP contribution in [0.2, 0.25) is 13.1 Å². The van der Waals surface area contributed by atoms with E-state index in [2.05, 4.69) is 213 Å². The number of hydrogen-bond donors (Lipinski definition) is 0. The molecular weight excluding hydrogens is 753 g/mol. The van der Waals surface area contributed by atoms with Crippen LogP contribution in [0.15, 0.2) is 176 Å². The molecule has 0 spiro atoms. The quantitative estimate of drug-likeness (QED) is 0.0797. The van der Waals surface area contributed by atoms with E-state index in [4.69, 9.17) is 0 Å². The predicted molar refractivity (Wildman–Crippen MR) is 265 cm³/mol. The minimum Gasteiger partial charge on any atom is -0.311 e. The highest BCUT2D eigenvalue weighted by molar-refractivity contribution is 7.04. The van der Waals surface area contributed by atoms with E-state index in [1.807, 2.05) is 0 Å². The topological polar surface area (TPSA) is 6.48 Å². The molecule has 3 heteroatoms. The van der Waals surface area contributed by atoms with Gasteiger partial charge in [0.2, 0.25) is 0 Å². The van der Waals surface area contributed by atoms with Crippen LogP contribution in [0.25, 0.3) is 11.1 Å². The maximum atomic E-state index is 2.53. The molecule has 9 rings (SSSR count). The molecule has 1 heterocycles. The van der Waals surface area contributed by atoms with Crippen LogP contribution >= 0.6 is 0 Å². The summed E-state index contributed by atoms with van der Waals surface area (Å²) in [5, 5.41) is 3.06. The minimum absolute atomic E-state index is 0.104. The molecule has 308 valence electrons. The Kier molecular flexibility index (Phi) is 11.9. The average molecular weight is 815 g/mol. The fraction of sp³-hybridized carbons (Fsp3) is 0.276. The highest BCUT2D eigenvalue weighted by Crippen LogP contribution is 2.45. The van der Waals surface area contributed by atoms with Gasteiger partial charge in [-0.15, -0.1) is 0 Å². The molecule has 7 aromatic carbocycles. The van der Waals surface area contributed by atoms with Crippen molar-refractivity contribution >= 4 is 52.6 Å². The standard InChI is InChI=1S/C58H62N2Si/c1-5-7-19-43-58(6-2,46-33-39-51(40-34-46)59(48-23-13-9-14-24-48)50-37-31-45(32-38-50)44-21-11-8-12-22-44)47-35-41-52(42-36-47)60(49-25-15-10-16-26-49)55-29-20-28-54-53-27-17-18-30-56(53)61(3,4)57(54)55/h9-10,13-18,20,23-42,44H,5-8,11-12,19,21-22,43H2,1-4H3. The van der Waals surface area contributed by atoms with Crippen molar-refractivity contribution in [2.75, 3.05) is 9.80 Å². The Morgan fingerprint density at radius 3 is 1.59 bits per heavy atom. The highest BCUT2D eigenvalue weighted by Gasteiger charge is 2.40. The molecular formula is C58H62N2Si. The van der Waals surface area contributed by atoms with Gasteiger partial charge in [0.25, 0.3) is 0 Å². The van der Waals surface area contributed by atoms with Crippen molar-refractivity contribution in [2.24, 2.45) is 0 Å². The number of fused-ring (bicyclic) bond motifs is 3. The Bertz CT molecular complexity index is 2520. The second-order valence-corrected chi connectivity index (χ2v) is 22.4. The number of unbranched alkanes of at least 4 members (excludes halogenated alkanes) is 2. The third-order valence-electron chi connectivity index (χ3n) is 14.2. The first-order valence-corrected chi connectivity index (χ1v) is 26.2. The van der Waals surface area contributed by atoms with Gasteiger partial charge in [-0.1, -0.05) is 175 Å². The Balaban J connectivity index is 1.09. The second-order valence-electron chi connectivity index (χ2n) is 18.1. The van der Waals surface area contributed by atoms with Crippen LogP contribution in [0.3, 0.4) is 0 Å². The van der Waals surface area contributed by atoms with E-state index in [0.717, 1.165) is 12.8 Å². The first-order chi connectivity index (χ1) is 29.9. The summed E-state index contributed by atoms with van der Waals surface area (Å²) < 4.78 is 0. The maximum absolute atomic E-state index is 2.53. The van der Waals surface area contributed by atoms with Crippen LogP contribution in [-0.4, -0.2) is 8.07 Å². The number of para-hydroxylation sites is 2. The summed E-state index contributed by atoms with van der Waals surface area (Å²) in [4.78, 5) is 4.94. The zero-order valence-corrected chi connectivity index (χ0v) is 37.8. The molecule has 0 amide bonds. The smallest absolute Gasteiger partial charge is 0.116 e. The average Bonchev–Trinajstić information content (AvgIpc) is 3.56. The largest absolute Gasteiger partial charge is 0.311 e. The van der Waals surface area contributed by atoms with E-state index < -0.39 is 8.07 Å². The van der Waals surface area contributed by atoms with Crippen LogP contribution in [-0.2, 0) is 5.41 Å². The molecule has 0 radical (unpaired) electrons. The predicted octanol–water partition coefficient (Wildman–Crippen LogP) is 15.8. The molecule has 0 bridgehead atoms. The number of benzene rings is 7. The SMILES string of the molecule is CCCCCC(CC)(c1ccc(N(c2ccccc2)c2ccc(C3CCCCC3)cc2)cc1)c1ccc(N(c2ccccc2)c2cccc3c2[Si](C)(C)c2ccccc2-3)cc1. The van der Waals surface area contributed by atoms with Crippen LogP contribution in [0.4, 0.5) is 34.1 Å². The van der Waals surface area contributed by atoms with Gasteiger partial charge in [-0.3, -0.25) is 0 Å². The first kappa shape index (κ1) is 40.7. The Labute approximate surface area is 367 Å². The molecule has 7 aromatic rings. The van der Waals surface area contributed by atoms with Crippen molar-refractivity contribution in [2.45, 2.75) is 102 Å². The fourth-order valence-corrected chi connectivity index (χ4v) is 14.3. The first-order valence-electron chi connectivity index (χ1n) is 23.2. The monoisotopic (exact) mass is 814 g/mol. The number of rotatable bonds is 14. The summed E-state index contributed by atoms with van der Waals surface area (Å²) >= 11 is 0. The van der Waals surface area contributed by atoms with Crippen molar-refractivity contribution in [1.29, 1.82) is 0 Å². The van der Waals surface area contributed by atoms with E-state index in [-0.39, 0.29) is 5.41 Å². The molecule has 1 aliphatic carbocycles. The van der Waals surface area contributed by atoms with Gasteiger partial charge in [0.1, 0.15) is 8.07 Å². The van der Waals surface area contributed by atoms with Crippen molar-refractivity contribution in [3.63, 3.8) is 0 Å². The van der Waals surface area contributed by atoms with Gasteiger partial charge in [-0.25, -0.2) is 0 Å². The number of anilines is 6. The van der Waals surface area contributed by atoms with Gasteiger partial charge in [0, 0.05) is 39.5 Å². The van der Waals surface area contributed by atoms with Gasteiger partial charge in [-0.2, -0.15) is 0 Å². The van der Waals surface area contributed by atoms with Crippen LogP contribution < -0.4 is 20.2 Å². The van der Waals surface area contributed by atoms with E-state index in [1.165, 1.54) is 124 Å². The van der Waals surface area contributed by atoms with E-state index in [1.54, 1.807) is 0 Å². The van der Waals surface area contributed by atoms with Crippen LogP contribution in [0.1, 0.15) is 101 Å². The summed E-state index contributed by atoms with van der Waals surface area (Å²) in [5.41, 5.74) is 14.3. The molecule has 1 aliphatic heterocycles. The Hall–Kier alpha value is -5.64. The molecule has 0 N–H and O–H groups in total. The summed E-state index contributed by atoms with van der Waals surface area (Å²) in [6, 6.07) is 66.7. The fourth-order valence-electron chi connectivity index (χ4n) is 10.9. The van der Waals surface area contributed by atoms with Gasteiger partial charge in [-0.05, 0) is 137 Å². The zero-order chi connectivity index (χ0) is 41.8. The Morgan fingerprint density at radius 1 is 0.492 bits per heavy atom. The molecule has 2 aliphatic rings. The summed E-state index contributed by atoms with van der Waals surface area (Å²) in [6.45, 7) is 9.76. The lowest BCUT2D eigenvalue weighted by molar-refractivity contribution is 0.431. The summed E-state index contributed by atoms with van der Waals surface area (Å²) in [5.74, 6) is 0.698. The minimum atomic E-state index is -1.98. The van der Waals surface area contributed by atoms with Crippen molar-refractivity contribution in [3.8, 4) is 11.1 Å². The van der Waals surface area contributed by atoms with E-state index in [0.29, 0.717) is 5.92 Å². The van der Waals surface area contributed by atoms with Crippen LogP contribution in [0.5, 0.6) is 0 Å². The zero-order valence-electron chi connectivity index (χ0n) is 36.8. The van der Waals surface area contributed by atoms with Gasteiger partial charge in [0.15, 0.2) is 0 Å². The molecule has 1 unspecified atom stereocenters. The third-order valence-corrected chi connectivity index (χ3v) is 17.8. The maximum Gasteiger partial charge on any atom is 0.116 e. The van der Waals surface area contributed by atoms with Gasteiger partial charge >= 0.3 is 0 Å². The number of hydrogen-bond acceptors (Lipinski definition) is 2. The normalized spacial score (nSPS) is 15.4. The van der Waals surface area contributed by atoms with Crippen molar-refractivity contribution in [3.05, 3.63) is 193 Å². The van der Waals surface area contributed by atoms with Gasteiger partial charge < -0.3 is 9.80 Å². The molecule has 61 heavy (non-hydrogen) atoms. The molecule has 2 nitrogen and oxygen atoms in total. The molecule has 1 fully saturated rings. The number of nitrogens with zero attached hydrogens (tertiary/aromatic N) is 2. The molecule has 1 atom stereocenters. The van der Waals surface area contributed by atoms with E-state index >= 15 is 0 Å². The second kappa shape index (κ2) is 17.8. The van der Waals surface area contributed by atoms with Crippen LogP contribution in [0, 0.1) is 0 Å². The lowest BCUT2D eigenvalue weighted by atomic mass is 9.69. The van der Waals surface area contributed by atoms with Crippen molar-refractivity contribution in [1.82, 2.24) is 0 Å². The lowest BCUT2D eigenvalue weighted by Crippen LogP contribution is -2.50. The third kappa shape index (κ3) is 7.78. The molecule has 1 saturated carbocycles. The van der Waals surface area contributed by atoms with E-state index in [9.17, 15) is 0 Å².